The summed E-state index contributed by atoms with van der Waals surface area (Å²) in [6.07, 6.45) is 3.15. The van der Waals surface area contributed by atoms with Crippen molar-refractivity contribution in [1.82, 2.24) is 15.0 Å². The van der Waals surface area contributed by atoms with Crippen molar-refractivity contribution in [2.75, 3.05) is 20.8 Å². The minimum absolute atomic E-state index is 0.0945. The Morgan fingerprint density at radius 2 is 1.85 bits per heavy atom. The van der Waals surface area contributed by atoms with Crippen LogP contribution in [-0.2, 0) is 19.6 Å². The van der Waals surface area contributed by atoms with Crippen molar-refractivity contribution in [2.24, 2.45) is 0 Å². The number of hydrogen-bond donors (Lipinski definition) is 2. The molecule has 12 heteroatoms. The van der Waals surface area contributed by atoms with Crippen molar-refractivity contribution >= 4 is 44.8 Å². The first-order valence-corrected chi connectivity index (χ1v) is 12.2. The average molecular weight is 510 g/mol. The van der Waals surface area contributed by atoms with Crippen LogP contribution in [0.4, 0.5) is 0 Å². The zero-order valence-electron chi connectivity index (χ0n) is 17.6. The fourth-order valence-electron chi connectivity index (χ4n) is 2.98. The van der Waals surface area contributed by atoms with Gasteiger partial charge < -0.3 is 14.8 Å². The first-order valence-electron chi connectivity index (χ1n) is 9.48. The van der Waals surface area contributed by atoms with Crippen LogP contribution in [0.1, 0.15) is 9.67 Å². The average Bonchev–Trinajstić information content (AvgIpc) is 3.27. The van der Waals surface area contributed by atoms with E-state index >= 15 is 0 Å². The van der Waals surface area contributed by atoms with Crippen LogP contribution < -0.4 is 14.8 Å². The molecule has 1 atom stereocenters. The Kier molecular flexibility index (Phi) is 8.03. The number of ether oxygens (including phenoxy) is 2. The summed E-state index contributed by atoms with van der Waals surface area (Å²) in [5.74, 6) is -1.28. The molecule has 0 aliphatic rings. The largest absolute Gasteiger partial charge is 0.495 e. The summed E-state index contributed by atoms with van der Waals surface area (Å²) in [5.41, 5.74) is 1.23. The summed E-state index contributed by atoms with van der Waals surface area (Å²) in [6.45, 7) is -0.341. The molecule has 0 aliphatic carbocycles. The van der Waals surface area contributed by atoms with Gasteiger partial charge in [-0.05, 0) is 35.9 Å². The number of carbonyl (C=O) groups excluding carboxylic acids is 2. The number of benzene rings is 1. The van der Waals surface area contributed by atoms with E-state index in [0.29, 0.717) is 20.3 Å². The molecule has 2 aromatic heterocycles. The number of aromatic nitrogens is 1. The van der Waals surface area contributed by atoms with Gasteiger partial charge in [0.15, 0.2) is 0 Å². The second-order valence-corrected chi connectivity index (χ2v) is 9.98. The predicted molar refractivity (Wildman–Crippen MR) is 124 cm³/mol. The first-order chi connectivity index (χ1) is 15.8. The molecule has 0 spiro atoms. The Morgan fingerprint density at radius 1 is 1.12 bits per heavy atom. The summed E-state index contributed by atoms with van der Waals surface area (Å²) >= 11 is 6.89. The van der Waals surface area contributed by atoms with Crippen LogP contribution in [-0.4, -0.2) is 52.1 Å². The van der Waals surface area contributed by atoms with Crippen LogP contribution >= 0.6 is 22.9 Å². The Labute approximate surface area is 199 Å². The van der Waals surface area contributed by atoms with Gasteiger partial charge >= 0.3 is 5.97 Å². The third-order valence-electron chi connectivity index (χ3n) is 4.51. The normalized spacial score (nSPS) is 12.1. The molecule has 3 rings (SSSR count). The van der Waals surface area contributed by atoms with Crippen LogP contribution in [0.2, 0.25) is 4.34 Å². The predicted octanol–water partition coefficient (Wildman–Crippen LogP) is 2.72. The quantitative estimate of drug-likeness (QED) is 0.425. The van der Waals surface area contributed by atoms with Gasteiger partial charge in [0, 0.05) is 24.5 Å². The number of amides is 1. The molecule has 0 saturated carbocycles. The minimum Gasteiger partial charge on any atom is -0.495 e. The fourth-order valence-corrected chi connectivity index (χ4v) is 5.32. The number of para-hydroxylation sites is 1. The Bertz CT molecular complexity index is 1250. The second-order valence-electron chi connectivity index (χ2n) is 6.58. The molecule has 0 bridgehead atoms. The van der Waals surface area contributed by atoms with Crippen molar-refractivity contribution in [3.63, 3.8) is 0 Å². The number of halogens is 1. The van der Waals surface area contributed by atoms with Crippen LogP contribution in [0.15, 0.2) is 59.8 Å². The standard InChI is InChI=1S/C21H20ClN3O6S2/c1-30-19-14(13-8-10-23-11-9-13)4-3-5-17(19)33(28,29)25-15(21(27)31-2)12-24-20(26)16-6-7-18(22)32-16/h3-11,15,25H,12H2,1-2H3,(H,24,26)/t15-/m0/s1. The summed E-state index contributed by atoms with van der Waals surface area (Å²) in [6, 6.07) is 9.75. The topological polar surface area (TPSA) is 124 Å². The lowest BCUT2D eigenvalue weighted by Crippen LogP contribution is -2.48. The van der Waals surface area contributed by atoms with Gasteiger partial charge in [0.25, 0.3) is 5.91 Å². The van der Waals surface area contributed by atoms with E-state index < -0.39 is 27.9 Å². The van der Waals surface area contributed by atoms with Gasteiger partial charge in [0.1, 0.15) is 16.7 Å². The van der Waals surface area contributed by atoms with Crippen molar-refractivity contribution in [3.8, 4) is 16.9 Å². The number of nitrogens with zero attached hydrogens (tertiary/aromatic N) is 1. The lowest BCUT2D eigenvalue weighted by Gasteiger charge is -2.19. The van der Waals surface area contributed by atoms with E-state index in [4.69, 9.17) is 21.1 Å². The monoisotopic (exact) mass is 509 g/mol. The highest BCUT2D eigenvalue weighted by Crippen LogP contribution is 2.35. The lowest BCUT2D eigenvalue weighted by molar-refractivity contribution is -0.142. The molecule has 1 amide bonds. The fraction of sp³-hybridized carbons (Fsp3) is 0.190. The molecule has 3 aromatic rings. The van der Waals surface area contributed by atoms with Gasteiger partial charge in [-0.1, -0.05) is 23.7 Å². The van der Waals surface area contributed by atoms with Gasteiger partial charge in [0.2, 0.25) is 10.0 Å². The molecule has 174 valence electrons. The van der Waals surface area contributed by atoms with E-state index in [2.05, 4.69) is 15.0 Å². The second kappa shape index (κ2) is 10.8. The number of sulfonamides is 1. The van der Waals surface area contributed by atoms with Crippen LogP contribution in [0.25, 0.3) is 11.1 Å². The number of nitrogens with one attached hydrogen (secondary N) is 2. The van der Waals surface area contributed by atoms with Gasteiger partial charge in [-0.25, -0.2) is 8.42 Å². The maximum atomic E-state index is 13.2. The number of pyridine rings is 1. The maximum Gasteiger partial charge on any atom is 0.325 e. The minimum atomic E-state index is -4.26. The van der Waals surface area contributed by atoms with E-state index in [1.807, 2.05) is 0 Å². The number of methoxy groups -OCH3 is 2. The Balaban J connectivity index is 1.87. The molecule has 0 saturated heterocycles. The first kappa shape index (κ1) is 24.6. The number of hydrogen-bond acceptors (Lipinski definition) is 8. The van der Waals surface area contributed by atoms with E-state index in [1.165, 1.54) is 19.2 Å². The van der Waals surface area contributed by atoms with Gasteiger partial charge in [0.05, 0.1) is 23.4 Å². The van der Waals surface area contributed by atoms with E-state index in [1.54, 1.807) is 42.7 Å². The van der Waals surface area contributed by atoms with Gasteiger partial charge in [-0.2, -0.15) is 4.72 Å². The van der Waals surface area contributed by atoms with E-state index in [9.17, 15) is 18.0 Å². The smallest absolute Gasteiger partial charge is 0.325 e. The molecule has 0 radical (unpaired) electrons. The molecule has 9 nitrogen and oxygen atoms in total. The zero-order valence-corrected chi connectivity index (χ0v) is 20.0. The SMILES string of the molecule is COC(=O)[C@H](CNC(=O)c1ccc(Cl)s1)NS(=O)(=O)c1cccc(-c2ccncc2)c1OC. The van der Waals surface area contributed by atoms with Crippen LogP contribution in [0, 0.1) is 0 Å². The van der Waals surface area contributed by atoms with Crippen LogP contribution in [0.3, 0.4) is 0 Å². The molecule has 33 heavy (non-hydrogen) atoms. The van der Waals surface area contributed by atoms with Gasteiger partial charge in [-0.3, -0.25) is 14.6 Å². The molecule has 0 unspecified atom stereocenters. The summed E-state index contributed by atoms with van der Waals surface area (Å²) in [5, 5.41) is 2.51. The van der Waals surface area contributed by atoms with E-state index in [0.717, 1.165) is 18.4 Å². The summed E-state index contributed by atoms with van der Waals surface area (Å²) in [7, 11) is -1.79. The molecule has 2 heterocycles. The van der Waals surface area contributed by atoms with Crippen molar-refractivity contribution in [2.45, 2.75) is 10.9 Å². The molecule has 2 N–H and O–H groups in total. The third-order valence-corrected chi connectivity index (χ3v) is 7.24. The highest BCUT2D eigenvalue weighted by Gasteiger charge is 2.30. The van der Waals surface area contributed by atoms with Crippen molar-refractivity contribution in [1.29, 1.82) is 0 Å². The summed E-state index contributed by atoms with van der Waals surface area (Å²) in [4.78, 5) is 28.7. The number of esters is 1. The highest BCUT2D eigenvalue weighted by atomic mass is 35.5. The van der Waals surface area contributed by atoms with Gasteiger partial charge in [-0.15, -0.1) is 11.3 Å². The number of thiophene rings is 1. The van der Waals surface area contributed by atoms with Crippen LogP contribution in [0.5, 0.6) is 5.75 Å². The molecular weight excluding hydrogens is 490 g/mol. The molecule has 0 aliphatic heterocycles. The Hall–Kier alpha value is -2.99. The number of carbonyl (C=O) groups is 2. The lowest BCUT2D eigenvalue weighted by atomic mass is 10.1. The summed E-state index contributed by atoms with van der Waals surface area (Å²) < 4.78 is 39.2. The highest BCUT2D eigenvalue weighted by molar-refractivity contribution is 7.89. The van der Waals surface area contributed by atoms with E-state index in [-0.39, 0.29) is 17.2 Å². The molecular formula is C21H20ClN3O6S2. The van der Waals surface area contributed by atoms with Crippen molar-refractivity contribution < 1.29 is 27.5 Å². The molecule has 1 aromatic carbocycles. The maximum absolute atomic E-state index is 13.2. The van der Waals surface area contributed by atoms with Crippen molar-refractivity contribution in [3.05, 3.63) is 64.1 Å². The number of rotatable bonds is 9. The Morgan fingerprint density at radius 3 is 2.45 bits per heavy atom. The molecule has 0 fully saturated rings. The third kappa shape index (κ3) is 5.88. The zero-order chi connectivity index (χ0) is 24.0.